The number of aromatic nitrogens is 1. The van der Waals surface area contributed by atoms with Crippen LogP contribution >= 0.6 is 43.2 Å². The maximum Gasteiger partial charge on any atom is 0.0794 e. The largest absolute Gasteiger partial charge is 0.379 e. The molecule has 0 unspecified atom stereocenters. The summed E-state index contributed by atoms with van der Waals surface area (Å²) in [5.74, 6) is 0. The number of hydrogen-bond acceptors (Lipinski definition) is 3. The maximum atomic E-state index is 4.03. The molecule has 0 spiro atoms. The molecule has 0 amide bonds. The van der Waals surface area contributed by atoms with Gasteiger partial charge < -0.3 is 5.32 Å². The summed E-state index contributed by atoms with van der Waals surface area (Å²) in [4.78, 5) is 5.26. The fourth-order valence-electron chi connectivity index (χ4n) is 1.14. The minimum atomic E-state index is 0.810. The van der Waals surface area contributed by atoms with Gasteiger partial charge in [-0.05, 0) is 34.1 Å². The Kier molecular flexibility index (Phi) is 3.77. The quantitative estimate of drug-likeness (QED) is 0.896. The normalized spacial score (nSPS) is 10.3. The molecule has 5 heteroatoms. The Labute approximate surface area is 109 Å². The van der Waals surface area contributed by atoms with E-state index in [-0.39, 0.29) is 0 Å². The van der Waals surface area contributed by atoms with Crippen LogP contribution in [0, 0.1) is 0 Å². The number of thiazole rings is 1. The van der Waals surface area contributed by atoms with Gasteiger partial charge in [-0.15, -0.1) is 11.3 Å². The molecule has 0 saturated carbocycles. The van der Waals surface area contributed by atoms with Crippen molar-refractivity contribution < 1.29 is 0 Å². The highest BCUT2D eigenvalue weighted by molar-refractivity contribution is 9.11. The Morgan fingerprint density at radius 3 is 2.87 bits per heavy atom. The van der Waals surface area contributed by atoms with Gasteiger partial charge in [-0.25, -0.2) is 0 Å². The second kappa shape index (κ2) is 5.09. The van der Waals surface area contributed by atoms with Crippen molar-refractivity contribution in [3.63, 3.8) is 0 Å². The van der Waals surface area contributed by atoms with Crippen molar-refractivity contribution in [1.82, 2.24) is 4.98 Å². The molecule has 0 fully saturated rings. The minimum absolute atomic E-state index is 0.810. The molecular formula is C10H8Br2N2S. The second-order valence-electron chi connectivity index (χ2n) is 2.95. The van der Waals surface area contributed by atoms with Crippen molar-refractivity contribution in [2.75, 3.05) is 5.32 Å². The molecule has 0 aliphatic rings. The Balaban J connectivity index is 2.05. The van der Waals surface area contributed by atoms with Gasteiger partial charge in [0.25, 0.3) is 0 Å². The monoisotopic (exact) mass is 346 g/mol. The van der Waals surface area contributed by atoms with Gasteiger partial charge in [0, 0.05) is 25.7 Å². The van der Waals surface area contributed by atoms with Gasteiger partial charge >= 0.3 is 0 Å². The lowest BCUT2D eigenvalue weighted by Gasteiger charge is -2.07. The van der Waals surface area contributed by atoms with Crippen LogP contribution in [0.15, 0.2) is 38.9 Å². The van der Waals surface area contributed by atoms with Crippen LogP contribution in [0.3, 0.4) is 0 Å². The Bertz CT molecular complexity index is 443. The third kappa shape index (κ3) is 3.03. The summed E-state index contributed by atoms with van der Waals surface area (Å²) >= 11 is 8.58. The van der Waals surface area contributed by atoms with Crippen LogP contribution in [0.5, 0.6) is 0 Å². The smallest absolute Gasteiger partial charge is 0.0794 e. The molecule has 1 aromatic carbocycles. The fourth-order valence-corrected chi connectivity index (χ4v) is 2.87. The lowest BCUT2D eigenvalue weighted by Crippen LogP contribution is -1.97. The molecule has 0 radical (unpaired) electrons. The van der Waals surface area contributed by atoms with E-state index in [0.29, 0.717) is 0 Å². The first-order valence-electron chi connectivity index (χ1n) is 4.32. The van der Waals surface area contributed by atoms with E-state index in [2.05, 4.69) is 42.2 Å². The highest BCUT2D eigenvalue weighted by Gasteiger charge is 2.00. The highest BCUT2D eigenvalue weighted by Crippen LogP contribution is 2.26. The summed E-state index contributed by atoms with van der Waals surface area (Å²) < 4.78 is 2.12. The van der Waals surface area contributed by atoms with Crippen molar-refractivity contribution in [2.24, 2.45) is 0 Å². The van der Waals surface area contributed by atoms with Gasteiger partial charge in [-0.2, -0.15) is 0 Å². The first-order chi connectivity index (χ1) is 7.25. The average molecular weight is 348 g/mol. The van der Waals surface area contributed by atoms with E-state index in [0.717, 1.165) is 21.2 Å². The van der Waals surface area contributed by atoms with Crippen LogP contribution in [-0.2, 0) is 6.54 Å². The van der Waals surface area contributed by atoms with Crippen LogP contribution < -0.4 is 5.32 Å². The molecule has 0 saturated heterocycles. The van der Waals surface area contributed by atoms with Gasteiger partial charge in [0.1, 0.15) is 0 Å². The number of nitrogens with zero attached hydrogens (tertiary/aromatic N) is 1. The van der Waals surface area contributed by atoms with Crippen molar-refractivity contribution in [2.45, 2.75) is 6.54 Å². The van der Waals surface area contributed by atoms with Crippen molar-refractivity contribution in [1.29, 1.82) is 0 Å². The Morgan fingerprint density at radius 2 is 2.20 bits per heavy atom. The van der Waals surface area contributed by atoms with Crippen molar-refractivity contribution >= 4 is 48.9 Å². The molecule has 1 aromatic heterocycles. The molecule has 1 N–H and O–H groups in total. The fraction of sp³-hybridized carbons (Fsp3) is 0.100. The molecule has 78 valence electrons. The third-order valence-corrected chi connectivity index (χ3v) is 3.80. The molecule has 2 nitrogen and oxygen atoms in total. The number of benzene rings is 1. The summed E-state index contributed by atoms with van der Waals surface area (Å²) in [6, 6.07) is 6.07. The number of hydrogen-bond donors (Lipinski definition) is 1. The molecule has 1 heterocycles. The zero-order chi connectivity index (χ0) is 10.7. The number of anilines is 1. The summed E-state index contributed by atoms with van der Waals surface area (Å²) in [5, 5.41) is 3.35. The minimum Gasteiger partial charge on any atom is -0.379 e. The first-order valence-corrected chi connectivity index (χ1v) is 6.78. The molecule has 0 aliphatic carbocycles. The zero-order valence-corrected chi connectivity index (χ0v) is 11.7. The molecule has 0 atom stereocenters. The average Bonchev–Trinajstić information content (AvgIpc) is 2.69. The van der Waals surface area contributed by atoms with E-state index in [9.17, 15) is 0 Å². The predicted molar refractivity (Wildman–Crippen MR) is 71.3 cm³/mol. The van der Waals surface area contributed by atoms with Gasteiger partial charge in [-0.1, -0.05) is 15.9 Å². The molecule has 0 bridgehead atoms. The predicted octanol–water partition coefficient (Wildman–Crippen LogP) is 4.28. The van der Waals surface area contributed by atoms with E-state index >= 15 is 0 Å². The number of nitrogens with one attached hydrogen (secondary N) is 1. The van der Waals surface area contributed by atoms with E-state index in [1.54, 1.807) is 11.3 Å². The van der Waals surface area contributed by atoms with Gasteiger partial charge in [0.05, 0.1) is 12.1 Å². The van der Waals surface area contributed by atoms with E-state index in [4.69, 9.17) is 0 Å². The molecule has 15 heavy (non-hydrogen) atoms. The lowest BCUT2D eigenvalue weighted by molar-refractivity contribution is 1.17. The topological polar surface area (TPSA) is 24.9 Å². The zero-order valence-electron chi connectivity index (χ0n) is 7.71. The summed E-state index contributed by atoms with van der Waals surface area (Å²) in [5.41, 5.74) is 2.93. The second-order valence-corrected chi connectivity index (χ2v) is 5.69. The van der Waals surface area contributed by atoms with Crippen LogP contribution in [0.25, 0.3) is 0 Å². The van der Waals surface area contributed by atoms with E-state index < -0.39 is 0 Å². The third-order valence-electron chi connectivity index (χ3n) is 1.87. The van der Waals surface area contributed by atoms with Gasteiger partial charge in [0.2, 0.25) is 0 Å². The number of rotatable bonds is 3. The van der Waals surface area contributed by atoms with Crippen molar-refractivity contribution in [3.8, 4) is 0 Å². The van der Waals surface area contributed by atoms with E-state index in [1.807, 2.05) is 29.9 Å². The molecule has 0 aliphatic heterocycles. The Morgan fingerprint density at radius 1 is 1.33 bits per heavy atom. The van der Waals surface area contributed by atoms with Gasteiger partial charge in [0.15, 0.2) is 0 Å². The highest BCUT2D eigenvalue weighted by atomic mass is 79.9. The van der Waals surface area contributed by atoms with Crippen LogP contribution in [0.4, 0.5) is 5.69 Å². The lowest BCUT2D eigenvalue weighted by atomic mass is 10.3. The molecule has 2 rings (SSSR count). The molecular weight excluding hydrogens is 340 g/mol. The van der Waals surface area contributed by atoms with Crippen LogP contribution in [0.1, 0.15) is 4.88 Å². The molecule has 2 aromatic rings. The Hall–Kier alpha value is -0.390. The summed E-state index contributed by atoms with van der Waals surface area (Å²) in [6.45, 7) is 0.810. The maximum absolute atomic E-state index is 4.03. The van der Waals surface area contributed by atoms with Crippen LogP contribution in [0.2, 0.25) is 0 Å². The summed E-state index contributed by atoms with van der Waals surface area (Å²) in [7, 11) is 0. The van der Waals surface area contributed by atoms with E-state index in [1.165, 1.54) is 4.88 Å². The summed E-state index contributed by atoms with van der Waals surface area (Å²) in [6.07, 6.45) is 1.88. The van der Waals surface area contributed by atoms with Crippen molar-refractivity contribution in [3.05, 3.63) is 43.7 Å². The first kappa shape index (κ1) is 11.1. The standard InChI is InChI=1S/C10H8Br2N2S/c11-7-1-2-10(9(12)3-7)14-5-8-4-13-6-15-8/h1-4,6,14H,5H2. The van der Waals surface area contributed by atoms with Crippen LogP contribution in [-0.4, -0.2) is 4.98 Å². The SMILES string of the molecule is Brc1ccc(NCc2cncs2)c(Br)c1. The number of halogens is 2. The van der Waals surface area contributed by atoms with Gasteiger partial charge in [-0.3, -0.25) is 4.98 Å².